The molecule has 0 aliphatic heterocycles. The van der Waals surface area contributed by atoms with E-state index in [-0.39, 0.29) is 11.8 Å². The Balaban J connectivity index is 2.43. The Hall–Kier alpha value is -1.16. The van der Waals surface area contributed by atoms with Crippen molar-refractivity contribution in [3.05, 3.63) is 23.8 Å². The summed E-state index contributed by atoms with van der Waals surface area (Å²) >= 11 is 5.56. The zero-order valence-electron chi connectivity index (χ0n) is 8.83. The smallest absolute Gasteiger partial charge is 0.224 e. The number of halogens is 1. The molecule has 1 N–H and O–H groups in total. The average molecular weight is 228 g/mol. The normalized spacial score (nSPS) is 12.2. The van der Waals surface area contributed by atoms with Crippen LogP contribution in [0.25, 0.3) is 0 Å². The molecule has 1 atom stereocenters. The molecule has 0 aliphatic carbocycles. The molecule has 0 saturated carbocycles. The van der Waals surface area contributed by atoms with Crippen LogP contribution >= 0.6 is 11.6 Å². The van der Waals surface area contributed by atoms with Gasteiger partial charge in [0.1, 0.15) is 0 Å². The van der Waals surface area contributed by atoms with Gasteiger partial charge in [-0.15, -0.1) is 11.6 Å². The van der Waals surface area contributed by atoms with Gasteiger partial charge in [-0.05, 0) is 6.92 Å². The van der Waals surface area contributed by atoms with E-state index in [2.05, 4.69) is 15.3 Å². The van der Waals surface area contributed by atoms with Gasteiger partial charge in [0, 0.05) is 18.0 Å². The molecule has 4 nitrogen and oxygen atoms in total. The van der Waals surface area contributed by atoms with Crippen LogP contribution in [0.5, 0.6) is 0 Å². The highest BCUT2D eigenvalue weighted by Gasteiger charge is 2.10. The lowest BCUT2D eigenvalue weighted by atomic mass is 10.2. The first-order valence-electron chi connectivity index (χ1n) is 4.74. The second-order valence-corrected chi connectivity index (χ2v) is 3.73. The zero-order valence-corrected chi connectivity index (χ0v) is 9.58. The summed E-state index contributed by atoms with van der Waals surface area (Å²) in [7, 11) is 0. The van der Waals surface area contributed by atoms with Crippen molar-refractivity contribution >= 4 is 17.5 Å². The number of alkyl halides is 1. The van der Waals surface area contributed by atoms with Crippen LogP contribution < -0.4 is 5.32 Å². The van der Waals surface area contributed by atoms with E-state index in [1.54, 1.807) is 19.3 Å². The fourth-order valence-corrected chi connectivity index (χ4v) is 1.07. The quantitative estimate of drug-likeness (QED) is 0.789. The first-order chi connectivity index (χ1) is 7.13. The topological polar surface area (TPSA) is 54.9 Å². The lowest BCUT2D eigenvalue weighted by Gasteiger charge is -2.08. The molecule has 1 heterocycles. The van der Waals surface area contributed by atoms with Gasteiger partial charge in [0.05, 0.1) is 24.1 Å². The molecule has 0 bridgehead atoms. The summed E-state index contributed by atoms with van der Waals surface area (Å²) in [4.78, 5) is 19.6. The van der Waals surface area contributed by atoms with E-state index in [0.717, 1.165) is 11.4 Å². The van der Waals surface area contributed by atoms with Gasteiger partial charge in [0.2, 0.25) is 5.91 Å². The maximum Gasteiger partial charge on any atom is 0.224 e. The number of nitrogens with one attached hydrogen (secondary N) is 1. The number of nitrogens with zero attached hydrogens (tertiary/aromatic N) is 2. The molecular formula is C10H14ClN3O. The Bertz CT molecular complexity index is 326. The van der Waals surface area contributed by atoms with Gasteiger partial charge in [-0.25, -0.2) is 0 Å². The van der Waals surface area contributed by atoms with Crippen LogP contribution in [-0.4, -0.2) is 21.8 Å². The molecule has 0 saturated heterocycles. The molecule has 1 aromatic heterocycles. The van der Waals surface area contributed by atoms with Crippen LogP contribution in [-0.2, 0) is 11.3 Å². The molecule has 0 radical (unpaired) electrons. The maximum atomic E-state index is 11.4. The Morgan fingerprint density at radius 3 is 2.80 bits per heavy atom. The molecule has 5 heteroatoms. The minimum atomic E-state index is -0.176. The van der Waals surface area contributed by atoms with Crippen molar-refractivity contribution in [3.63, 3.8) is 0 Å². The number of amides is 1. The maximum absolute atomic E-state index is 11.4. The van der Waals surface area contributed by atoms with Gasteiger partial charge in [0.15, 0.2) is 0 Å². The SMILES string of the molecule is Cc1cnc(CNC(=O)C(C)CCl)cn1. The molecule has 1 amide bonds. The van der Waals surface area contributed by atoms with Crippen molar-refractivity contribution in [2.45, 2.75) is 20.4 Å². The number of aryl methyl sites for hydroxylation is 1. The molecule has 0 fully saturated rings. The number of aromatic nitrogens is 2. The van der Waals surface area contributed by atoms with Crippen LogP contribution in [0.15, 0.2) is 12.4 Å². The molecule has 0 spiro atoms. The van der Waals surface area contributed by atoms with Gasteiger partial charge >= 0.3 is 0 Å². The predicted molar refractivity (Wildman–Crippen MR) is 58.5 cm³/mol. The largest absolute Gasteiger partial charge is 0.350 e. The summed E-state index contributed by atoms with van der Waals surface area (Å²) in [6.45, 7) is 4.04. The third-order valence-corrected chi connectivity index (χ3v) is 2.42. The van der Waals surface area contributed by atoms with Crippen LogP contribution in [0, 0.1) is 12.8 Å². The molecule has 1 rings (SSSR count). The first-order valence-corrected chi connectivity index (χ1v) is 5.28. The molecule has 1 aromatic rings. The summed E-state index contributed by atoms with van der Waals surface area (Å²) in [6.07, 6.45) is 3.33. The lowest BCUT2D eigenvalue weighted by molar-refractivity contribution is -0.124. The van der Waals surface area contributed by atoms with E-state index < -0.39 is 0 Å². The van der Waals surface area contributed by atoms with E-state index in [0.29, 0.717) is 12.4 Å². The van der Waals surface area contributed by atoms with Crippen molar-refractivity contribution in [2.24, 2.45) is 5.92 Å². The average Bonchev–Trinajstić information content (AvgIpc) is 2.26. The number of rotatable bonds is 4. The van der Waals surface area contributed by atoms with Crippen molar-refractivity contribution in [1.82, 2.24) is 15.3 Å². The Kier molecular flexibility index (Phi) is 4.49. The van der Waals surface area contributed by atoms with Crippen molar-refractivity contribution in [3.8, 4) is 0 Å². The van der Waals surface area contributed by atoms with E-state index in [1.807, 2.05) is 6.92 Å². The highest BCUT2D eigenvalue weighted by molar-refractivity contribution is 6.19. The first kappa shape index (κ1) is 11.9. The Labute approximate surface area is 94.1 Å². The van der Waals surface area contributed by atoms with Crippen LogP contribution in [0.4, 0.5) is 0 Å². The predicted octanol–water partition coefficient (Wildman–Crippen LogP) is 1.28. The Morgan fingerprint density at radius 2 is 2.27 bits per heavy atom. The van der Waals surface area contributed by atoms with Gasteiger partial charge in [-0.1, -0.05) is 6.92 Å². The van der Waals surface area contributed by atoms with E-state index in [4.69, 9.17) is 11.6 Å². The zero-order chi connectivity index (χ0) is 11.3. The van der Waals surface area contributed by atoms with Crippen molar-refractivity contribution in [1.29, 1.82) is 0 Å². The molecule has 82 valence electrons. The van der Waals surface area contributed by atoms with Crippen molar-refractivity contribution < 1.29 is 4.79 Å². The van der Waals surface area contributed by atoms with E-state index in [1.165, 1.54) is 0 Å². The molecule has 0 aromatic carbocycles. The second kappa shape index (κ2) is 5.66. The van der Waals surface area contributed by atoms with Crippen LogP contribution in [0.3, 0.4) is 0 Å². The number of carbonyl (C=O) groups excluding carboxylic acids is 1. The van der Waals surface area contributed by atoms with Gasteiger partial charge in [-0.2, -0.15) is 0 Å². The second-order valence-electron chi connectivity index (χ2n) is 3.42. The van der Waals surface area contributed by atoms with Crippen LogP contribution in [0.2, 0.25) is 0 Å². The van der Waals surface area contributed by atoms with Crippen LogP contribution in [0.1, 0.15) is 18.3 Å². The molecular weight excluding hydrogens is 214 g/mol. The number of carbonyl (C=O) groups is 1. The third kappa shape index (κ3) is 3.83. The summed E-state index contributed by atoms with van der Waals surface area (Å²) in [6, 6.07) is 0. The standard InChI is InChI=1S/C10H14ClN3O/c1-7(3-11)10(15)14-6-9-5-12-8(2)4-13-9/h4-5,7H,3,6H2,1-2H3,(H,14,15). The molecule has 15 heavy (non-hydrogen) atoms. The fourth-order valence-electron chi connectivity index (χ4n) is 0.933. The van der Waals surface area contributed by atoms with Crippen molar-refractivity contribution in [2.75, 3.05) is 5.88 Å². The van der Waals surface area contributed by atoms with Gasteiger partial charge in [0.25, 0.3) is 0 Å². The minimum absolute atomic E-state index is 0.0626. The molecule has 0 aliphatic rings. The Morgan fingerprint density at radius 1 is 1.53 bits per heavy atom. The van der Waals surface area contributed by atoms with Gasteiger partial charge < -0.3 is 5.32 Å². The van der Waals surface area contributed by atoms with Gasteiger partial charge in [-0.3, -0.25) is 14.8 Å². The summed E-state index contributed by atoms with van der Waals surface area (Å²) in [5.41, 5.74) is 1.61. The summed E-state index contributed by atoms with van der Waals surface area (Å²) in [5, 5.41) is 2.74. The number of hydrogen-bond acceptors (Lipinski definition) is 3. The summed E-state index contributed by atoms with van der Waals surface area (Å²) < 4.78 is 0. The highest BCUT2D eigenvalue weighted by atomic mass is 35.5. The molecule has 1 unspecified atom stereocenters. The van der Waals surface area contributed by atoms with E-state index >= 15 is 0 Å². The fraction of sp³-hybridized carbons (Fsp3) is 0.500. The highest BCUT2D eigenvalue weighted by Crippen LogP contribution is 1.99. The summed E-state index contributed by atoms with van der Waals surface area (Å²) in [5.74, 6) is 0.0863. The monoisotopic (exact) mass is 227 g/mol. The minimum Gasteiger partial charge on any atom is -0.350 e. The third-order valence-electron chi connectivity index (χ3n) is 1.96. The number of hydrogen-bond donors (Lipinski definition) is 1. The van der Waals surface area contributed by atoms with E-state index in [9.17, 15) is 4.79 Å². The lowest BCUT2D eigenvalue weighted by Crippen LogP contribution is -2.29.